The quantitative estimate of drug-likeness (QED) is 0.450. The summed E-state index contributed by atoms with van der Waals surface area (Å²) < 4.78 is 0. The number of nitrogens with zero attached hydrogens (tertiary/aromatic N) is 1. The molecule has 0 rings (SSSR count). The van der Waals surface area contributed by atoms with E-state index in [0.29, 0.717) is 0 Å². The van der Waals surface area contributed by atoms with Gasteiger partial charge in [-0.2, -0.15) is 0 Å². The van der Waals surface area contributed by atoms with Crippen molar-refractivity contribution in [2.24, 2.45) is 4.99 Å². The third kappa shape index (κ3) is 3.67. The SMILES string of the molecule is CCC=NCC. The molecule has 0 atom stereocenters. The highest BCUT2D eigenvalue weighted by Crippen LogP contribution is 1.66. The van der Waals surface area contributed by atoms with Crippen LogP contribution in [0.4, 0.5) is 0 Å². The zero-order valence-corrected chi connectivity index (χ0v) is 4.44. The van der Waals surface area contributed by atoms with E-state index in [9.17, 15) is 0 Å². The lowest BCUT2D eigenvalue weighted by Crippen LogP contribution is -1.68. The summed E-state index contributed by atoms with van der Waals surface area (Å²) in [4.78, 5) is 3.97. The van der Waals surface area contributed by atoms with Crippen molar-refractivity contribution in [1.29, 1.82) is 0 Å². The van der Waals surface area contributed by atoms with Crippen LogP contribution in [-0.2, 0) is 0 Å². The van der Waals surface area contributed by atoms with Gasteiger partial charge in [0.1, 0.15) is 0 Å². The summed E-state index contributed by atoms with van der Waals surface area (Å²) in [5.74, 6) is 0. The maximum Gasteiger partial charge on any atom is 0.0357 e. The molecule has 0 unspecified atom stereocenters. The Labute approximate surface area is 39.1 Å². The van der Waals surface area contributed by atoms with Crippen molar-refractivity contribution < 1.29 is 0 Å². The summed E-state index contributed by atoms with van der Waals surface area (Å²) in [6, 6.07) is 0. The molecule has 1 nitrogen and oxygen atoms in total. The van der Waals surface area contributed by atoms with Crippen LogP contribution < -0.4 is 0 Å². The second-order valence-electron chi connectivity index (χ2n) is 1.09. The Hall–Kier alpha value is -0.330. The zero-order valence-electron chi connectivity index (χ0n) is 4.44. The number of aliphatic imine (C=N–C) groups is 1. The first-order valence-electron chi connectivity index (χ1n) is 2.40. The Balaban J connectivity index is 2.73. The van der Waals surface area contributed by atoms with Crippen LogP contribution in [0.2, 0.25) is 0 Å². The van der Waals surface area contributed by atoms with Crippen molar-refractivity contribution in [1.82, 2.24) is 0 Å². The van der Waals surface area contributed by atoms with Gasteiger partial charge in [0.05, 0.1) is 0 Å². The van der Waals surface area contributed by atoms with E-state index in [-0.39, 0.29) is 0 Å². The van der Waals surface area contributed by atoms with Crippen molar-refractivity contribution in [3.05, 3.63) is 0 Å². The van der Waals surface area contributed by atoms with Gasteiger partial charge in [-0.25, -0.2) is 0 Å². The summed E-state index contributed by atoms with van der Waals surface area (Å²) in [6.45, 7) is 5.04. The minimum absolute atomic E-state index is 0.924. The second-order valence-corrected chi connectivity index (χ2v) is 1.09. The summed E-state index contributed by atoms with van der Waals surface area (Å²) in [5, 5.41) is 0. The lowest BCUT2D eigenvalue weighted by molar-refractivity contribution is 1.12. The average molecular weight is 85.1 g/mol. The Morgan fingerprint density at radius 3 is 2.33 bits per heavy atom. The molecule has 0 radical (unpaired) electrons. The van der Waals surface area contributed by atoms with Gasteiger partial charge in [-0.15, -0.1) is 0 Å². The number of hydrogen-bond donors (Lipinski definition) is 0. The molecule has 1 heteroatoms. The predicted molar refractivity (Wildman–Crippen MR) is 29.3 cm³/mol. The Bertz CT molecular complexity index is 33.2. The summed E-state index contributed by atoms with van der Waals surface area (Å²) in [7, 11) is 0. The molecule has 0 saturated heterocycles. The van der Waals surface area contributed by atoms with E-state index in [1.54, 1.807) is 0 Å². The monoisotopic (exact) mass is 85.1 g/mol. The van der Waals surface area contributed by atoms with Gasteiger partial charge in [0.2, 0.25) is 0 Å². The van der Waals surface area contributed by atoms with Crippen LogP contribution in [0, 0.1) is 0 Å². The minimum atomic E-state index is 0.924. The highest BCUT2D eigenvalue weighted by atomic mass is 14.7. The molecule has 6 heavy (non-hydrogen) atoms. The lowest BCUT2D eigenvalue weighted by Gasteiger charge is -1.74. The highest BCUT2D eigenvalue weighted by molar-refractivity contribution is 5.56. The van der Waals surface area contributed by atoms with Gasteiger partial charge in [0.15, 0.2) is 0 Å². The molecule has 0 heterocycles. The smallest absolute Gasteiger partial charge is 0.0357 e. The second kappa shape index (κ2) is 4.67. The predicted octanol–water partition coefficient (Wildman–Crippen LogP) is 1.49. The molecule has 36 valence electrons. The van der Waals surface area contributed by atoms with E-state index in [1.807, 2.05) is 13.1 Å². The summed E-state index contributed by atoms with van der Waals surface area (Å²) in [6.07, 6.45) is 2.99. The van der Waals surface area contributed by atoms with Gasteiger partial charge < -0.3 is 0 Å². The van der Waals surface area contributed by atoms with E-state index in [0.717, 1.165) is 13.0 Å². The molecular formula is C5H11N. The fourth-order valence-electron chi connectivity index (χ4n) is 0.258. The molecule has 0 bridgehead atoms. The van der Waals surface area contributed by atoms with Gasteiger partial charge in [-0.3, -0.25) is 4.99 Å². The normalized spacial score (nSPS) is 10.3. The number of rotatable bonds is 2. The topological polar surface area (TPSA) is 12.4 Å². The lowest BCUT2D eigenvalue weighted by atomic mass is 10.5. The first-order valence-corrected chi connectivity index (χ1v) is 2.40. The van der Waals surface area contributed by atoms with Crippen LogP contribution in [0.25, 0.3) is 0 Å². The summed E-state index contributed by atoms with van der Waals surface area (Å²) in [5.41, 5.74) is 0. The first-order chi connectivity index (χ1) is 2.91. The third-order valence-corrected chi connectivity index (χ3v) is 0.494. The minimum Gasteiger partial charge on any atom is -0.298 e. The molecule has 0 aliphatic heterocycles. The number of hydrogen-bond acceptors (Lipinski definition) is 1. The molecule has 0 spiro atoms. The van der Waals surface area contributed by atoms with E-state index in [4.69, 9.17) is 0 Å². The molecule has 0 aliphatic carbocycles. The maximum atomic E-state index is 3.97. The van der Waals surface area contributed by atoms with Crippen molar-refractivity contribution in [2.75, 3.05) is 6.54 Å². The zero-order chi connectivity index (χ0) is 4.83. The van der Waals surface area contributed by atoms with Crippen LogP contribution >= 0.6 is 0 Å². The van der Waals surface area contributed by atoms with Crippen molar-refractivity contribution in [3.8, 4) is 0 Å². The van der Waals surface area contributed by atoms with E-state index in [2.05, 4.69) is 11.9 Å². The van der Waals surface area contributed by atoms with Gasteiger partial charge in [-0.1, -0.05) is 6.92 Å². The molecule has 0 aromatic heterocycles. The molecular weight excluding hydrogens is 74.1 g/mol. The maximum absolute atomic E-state index is 3.97. The van der Waals surface area contributed by atoms with Crippen molar-refractivity contribution in [2.45, 2.75) is 20.3 Å². The van der Waals surface area contributed by atoms with Crippen LogP contribution in [0.3, 0.4) is 0 Å². The Kier molecular flexibility index (Phi) is 4.41. The van der Waals surface area contributed by atoms with Crippen molar-refractivity contribution >= 4 is 6.21 Å². The fraction of sp³-hybridized carbons (Fsp3) is 0.800. The van der Waals surface area contributed by atoms with Crippen LogP contribution in [0.15, 0.2) is 4.99 Å². The standard InChI is InChI=1S/C5H11N/c1-3-5-6-4-2/h5H,3-4H2,1-2H3. The van der Waals surface area contributed by atoms with Gasteiger partial charge in [0.25, 0.3) is 0 Å². The van der Waals surface area contributed by atoms with E-state index >= 15 is 0 Å². The van der Waals surface area contributed by atoms with Crippen LogP contribution in [-0.4, -0.2) is 12.8 Å². The third-order valence-electron chi connectivity index (χ3n) is 0.494. The Morgan fingerprint density at radius 2 is 2.17 bits per heavy atom. The average Bonchev–Trinajstić information content (AvgIpc) is 1.61. The van der Waals surface area contributed by atoms with Gasteiger partial charge in [0, 0.05) is 6.54 Å². The molecule has 0 aromatic carbocycles. The van der Waals surface area contributed by atoms with Crippen LogP contribution in [0.5, 0.6) is 0 Å². The van der Waals surface area contributed by atoms with Gasteiger partial charge >= 0.3 is 0 Å². The first kappa shape index (κ1) is 5.67. The molecule has 0 aromatic rings. The van der Waals surface area contributed by atoms with Crippen LogP contribution in [0.1, 0.15) is 20.3 Å². The molecule has 0 N–H and O–H groups in total. The summed E-state index contributed by atoms with van der Waals surface area (Å²) >= 11 is 0. The van der Waals surface area contributed by atoms with Gasteiger partial charge in [-0.05, 0) is 19.6 Å². The molecule has 0 saturated carbocycles. The largest absolute Gasteiger partial charge is 0.298 e. The molecule has 0 aliphatic rings. The van der Waals surface area contributed by atoms with Crippen molar-refractivity contribution in [3.63, 3.8) is 0 Å². The fourth-order valence-corrected chi connectivity index (χ4v) is 0.258. The highest BCUT2D eigenvalue weighted by Gasteiger charge is 1.59. The molecule has 0 amide bonds. The van der Waals surface area contributed by atoms with E-state index < -0.39 is 0 Å². The Morgan fingerprint density at radius 1 is 1.50 bits per heavy atom. The van der Waals surface area contributed by atoms with E-state index in [1.165, 1.54) is 0 Å². The molecule has 0 fully saturated rings.